The minimum Gasteiger partial charge on any atom is -0.490 e. The van der Waals surface area contributed by atoms with Crippen LogP contribution in [-0.4, -0.2) is 22.2 Å². The van der Waals surface area contributed by atoms with Gasteiger partial charge in [-0.25, -0.2) is 0 Å². The predicted octanol–water partition coefficient (Wildman–Crippen LogP) is 5.81. The van der Waals surface area contributed by atoms with Crippen LogP contribution in [0.1, 0.15) is 44.6 Å². The van der Waals surface area contributed by atoms with Crippen molar-refractivity contribution < 1.29 is 14.6 Å². The number of carboxylic acid groups (broad SMARTS) is 1. The summed E-state index contributed by atoms with van der Waals surface area (Å²) in [5.41, 5.74) is 4.28. The number of carboxylic acids is 1. The normalized spacial score (nSPS) is 16.2. The van der Waals surface area contributed by atoms with E-state index in [4.69, 9.17) is 4.74 Å². The SMILES string of the molecule is CC(Cc1ccc(OC2CCCCC2)c(-c2cccc3[nH]ccc23)c1)C(=O)O. The molecule has 0 saturated heterocycles. The summed E-state index contributed by atoms with van der Waals surface area (Å²) < 4.78 is 6.45. The van der Waals surface area contributed by atoms with Gasteiger partial charge in [-0.15, -0.1) is 0 Å². The molecule has 1 unspecified atom stereocenters. The van der Waals surface area contributed by atoms with Crippen LogP contribution in [0.3, 0.4) is 0 Å². The number of benzene rings is 2. The average molecular weight is 377 g/mol. The first-order valence-corrected chi connectivity index (χ1v) is 10.2. The molecular weight excluding hydrogens is 350 g/mol. The van der Waals surface area contributed by atoms with Gasteiger partial charge in [0.05, 0.1) is 12.0 Å². The number of aromatic amines is 1. The molecule has 0 amide bonds. The van der Waals surface area contributed by atoms with E-state index in [1.165, 1.54) is 19.3 Å². The molecule has 0 bridgehead atoms. The summed E-state index contributed by atoms with van der Waals surface area (Å²) >= 11 is 0. The molecule has 0 spiro atoms. The van der Waals surface area contributed by atoms with E-state index in [0.717, 1.165) is 46.2 Å². The van der Waals surface area contributed by atoms with Crippen molar-refractivity contribution in [3.63, 3.8) is 0 Å². The molecule has 4 rings (SSSR count). The number of rotatable bonds is 6. The maximum atomic E-state index is 11.3. The maximum Gasteiger partial charge on any atom is 0.306 e. The Labute approximate surface area is 165 Å². The van der Waals surface area contributed by atoms with Gasteiger partial charge in [-0.3, -0.25) is 4.79 Å². The van der Waals surface area contributed by atoms with Gasteiger partial charge in [-0.05, 0) is 67.5 Å². The van der Waals surface area contributed by atoms with Gasteiger partial charge in [-0.2, -0.15) is 0 Å². The first kappa shape index (κ1) is 18.6. The third-order valence-corrected chi connectivity index (χ3v) is 5.74. The Morgan fingerprint density at radius 1 is 1.14 bits per heavy atom. The number of hydrogen-bond donors (Lipinski definition) is 2. The monoisotopic (exact) mass is 377 g/mol. The summed E-state index contributed by atoms with van der Waals surface area (Å²) in [6.45, 7) is 1.75. The topological polar surface area (TPSA) is 62.3 Å². The summed E-state index contributed by atoms with van der Waals surface area (Å²) in [5, 5.41) is 10.4. The van der Waals surface area contributed by atoms with Crippen molar-refractivity contribution in [2.75, 3.05) is 0 Å². The Hall–Kier alpha value is -2.75. The largest absolute Gasteiger partial charge is 0.490 e. The molecule has 1 fully saturated rings. The number of carbonyl (C=O) groups is 1. The Morgan fingerprint density at radius 3 is 2.75 bits per heavy atom. The number of hydrogen-bond acceptors (Lipinski definition) is 2. The van der Waals surface area contributed by atoms with Crippen LogP contribution in [0.15, 0.2) is 48.7 Å². The van der Waals surface area contributed by atoms with Crippen molar-refractivity contribution in [2.24, 2.45) is 5.92 Å². The van der Waals surface area contributed by atoms with Gasteiger partial charge in [0, 0.05) is 22.7 Å². The van der Waals surface area contributed by atoms with Crippen LogP contribution in [0, 0.1) is 5.92 Å². The Kier molecular flexibility index (Phi) is 5.38. The van der Waals surface area contributed by atoms with Gasteiger partial charge < -0.3 is 14.8 Å². The minimum atomic E-state index is -0.767. The van der Waals surface area contributed by atoms with Gasteiger partial charge in [0.2, 0.25) is 0 Å². The number of fused-ring (bicyclic) bond motifs is 1. The second-order valence-corrected chi connectivity index (χ2v) is 7.90. The molecule has 0 aliphatic heterocycles. The zero-order chi connectivity index (χ0) is 19.5. The van der Waals surface area contributed by atoms with Crippen LogP contribution in [0.25, 0.3) is 22.0 Å². The van der Waals surface area contributed by atoms with Crippen LogP contribution < -0.4 is 4.74 Å². The molecule has 2 aromatic carbocycles. The molecule has 28 heavy (non-hydrogen) atoms. The maximum absolute atomic E-state index is 11.3. The van der Waals surface area contributed by atoms with Gasteiger partial charge in [0.1, 0.15) is 5.75 Å². The summed E-state index contributed by atoms with van der Waals surface area (Å²) in [6.07, 6.45) is 8.67. The molecule has 2 N–H and O–H groups in total. The quantitative estimate of drug-likeness (QED) is 0.570. The first-order chi connectivity index (χ1) is 13.6. The van der Waals surface area contributed by atoms with E-state index in [1.807, 2.05) is 24.4 Å². The lowest BCUT2D eigenvalue weighted by Crippen LogP contribution is -2.20. The van der Waals surface area contributed by atoms with E-state index in [1.54, 1.807) is 6.92 Å². The summed E-state index contributed by atoms with van der Waals surface area (Å²) in [6, 6.07) is 14.5. The standard InChI is InChI=1S/C24H27NO3/c1-16(24(26)27)14-17-10-11-23(28-18-6-3-2-4-7-18)21(15-17)19-8-5-9-22-20(19)12-13-25-22/h5,8-13,15-16,18,25H,2-4,6-7,14H2,1H3,(H,26,27). The highest BCUT2D eigenvalue weighted by Gasteiger charge is 2.19. The van der Waals surface area contributed by atoms with Crippen LogP contribution in [-0.2, 0) is 11.2 Å². The highest BCUT2D eigenvalue weighted by Crippen LogP contribution is 2.37. The molecule has 1 saturated carbocycles. The second-order valence-electron chi connectivity index (χ2n) is 7.90. The lowest BCUT2D eigenvalue weighted by Gasteiger charge is -2.25. The van der Waals surface area contributed by atoms with Crippen molar-refractivity contribution in [2.45, 2.75) is 51.6 Å². The first-order valence-electron chi connectivity index (χ1n) is 10.2. The highest BCUT2D eigenvalue weighted by atomic mass is 16.5. The zero-order valence-electron chi connectivity index (χ0n) is 16.3. The molecule has 4 nitrogen and oxygen atoms in total. The third kappa shape index (κ3) is 3.91. The fourth-order valence-corrected chi connectivity index (χ4v) is 4.14. The van der Waals surface area contributed by atoms with Gasteiger partial charge in [0.15, 0.2) is 0 Å². The van der Waals surface area contributed by atoms with E-state index >= 15 is 0 Å². The summed E-state index contributed by atoms with van der Waals surface area (Å²) in [5.74, 6) is -0.287. The number of ether oxygens (including phenoxy) is 1. The summed E-state index contributed by atoms with van der Waals surface area (Å²) in [7, 11) is 0. The molecule has 1 aliphatic carbocycles. The highest BCUT2D eigenvalue weighted by molar-refractivity contribution is 5.96. The number of nitrogens with one attached hydrogen (secondary N) is 1. The van der Waals surface area contributed by atoms with Crippen molar-refractivity contribution in [3.05, 3.63) is 54.2 Å². The lowest BCUT2D eigenvalue weighted by molar-refractivity contribution is -0.141. The molecule has 146 valence electrons. The molecule has 1 atom stereocenters. The fraction of sp³-hybridized carbons (Fsp3) is 0.375. The summed E-state index contributed by atoms with van der Waals surface area (Å²) in [4.78, 5) is 14.6. The van der Waals surface area contributed by atoms with Crippen molar-refractivity contribution in [1.82, 2.24) is 4.98 Å². The van der Waals surface area contributed by atoms with Crippen LogP contribution >= 0.6 is 0 Å². The number of H-pyrrole nitrogens is 1. The Balaban J connectivity index is 1.75. The lowest BCUT2D eigenvalue weighted by atomic mass is 9.94. The van der Waals surface area contributed by atoms with Crippen LogP contribution in [0.4, 0.5) is 0 Å². The number of aliphatic carboxylic acids is 1. The molecule has 1 aromatic heterocycles. The van der Waals surface area contributed by atoms with E-state index in [0.29, 0.717) is 6.42 Å². The van der Waals surface area contributed by atoms with Gasteiger partial charge in [0.25, 0.3) is 0 Å². The number of aromatic nitrogens is 1. The third-order valence-electron chi connectivity index (χ3n) is 5.74. The zero-order valence-corrected chi connectivity index (χ0v) is 16.3. The molecule has 0 radical (unpaired) electrons. The predicted molar refractivity (Wildman–Crippen MR) is 112 cm³/mol. The van der Waals surface area contributed by atoms with E-state index in [9.17, 15) is 9.90 Å². The Bertz CT molecular complexity index is 969. The van der Waals surface area contributed by atoms with Crippen molar-refractivity contribution >= 4 is 16.9 Å². The van der Waals surface area contributed by atoms with Crippen molar-refractivity contribution in [1.29, 1.82) is 0 Å². The molecule has 3 aromatic rings. The average Bonchev–Trinajstić information content (AvgIpc) is 3.19. The van der Waals surface area contributed by atoms with Crippen molar-refractivity contribution in [3.8, 4) is 16.9 Å². The van der Waals surface area contributed by atoms with Crippen LogP contribution in [0.5, 0.6) is 5.75 Å². The van der Waals surface area contributed by atoms with E-state index < -0.39 is 11.9 Å². The molecule has 1 heterocycles. The van der Waals surface area contributed by atoms with Gasteiger partial charge in [-0.1, -0.05) is 31.5 Å². The molecule has 1 aliphatic rings. The molecular formula is C24H27NO3. The van der Waals surface area contributed by atoms with Crippen LogP contribution in [0.2, 0.25) is 0 Å². The van der Waals surface area contributed by atoms with E-state index in [2.05, 4.69) is 29.2 Å². The van der Waals surface area contributed by atoms with E-state index in [-0.39, 0.29) is 6.10 Å². The van der Waals surface area contributed by atoms with Gasteiger partial charge >= 0.3 is 5.97 Å². The smallest absolute Gasteiger partial charge is 0.306 e. The fourth-order valence-electron chi connectivity index (χ4n) is 4.14. The second kappa shape index (κ2) is 8.09. The molecule has 4 heteroatoms. The minimum absolute atomic E-state index is 0.265. The Morgan fingerprint density at radius 2 is 1.96 bits per heavy atom.